The second-order valence-corrected chi connectivity index (χ2v) is 6.00. The van der Waals surface area contributed by atoms with Crippen molar-refractivity contribution in [1.82, 2.24) is 4.31 Å². The molecule has 0 aliphatic rings. The van der Waals surface area contributed by atoms with Crippen LogP contribution in [-0.2, 0) is 10.0 Å². The van der Waals surface area contributed by atoms with Gasteiger partial charge in [-0.2, -0.15) is 14.8 Å². The molecule has 0 spiro atoms. The lowest BCUT2D eigenvalue weighted by Gasteiger charge is -2.18. The fraction of sp³-hybridized carbons (Fsp3) is 0.333. The van der Waals surface area contributed by atoms with Crippen LogP contribution in [0.4, 0.5) is 0 Å². The molecule has 0 heterocycles. The summed E-state index contributed by atoms with van der Waals surface area (Å²) in [6.07, 6.45) is 0. The Morgan fingerprint density at radius 3 is 2.28 bits per heavy atom. The van der Waals surface area contributed by atoms with E-state index in [-0.39, 0.29) is 17.4 Å². The van der Waals surface area contributed by atoms with Crippen LogP contribution in [0, 0.1) is 28.6 Å². The molecule has 0 bridgehead atoms. The summed E-state index contributed by atoms with van der Waals surface area (Å²) in [6, 6.07) is 9.60. The van der Waals surface area contributed by atoms with Crippen LogP contribution in [0.15, 0.2) is 29.2 Å². The average Bonchev–Trinajstić information content (AvgIpc) is 2.38. The van der Waals surface area contributed by atoms with Gasteiger partial charge < -0.3 is 0 Å². The molecule has 5 nitrogen and oxygen atoms in total. The Morgan fingerprint density at radius 2 is 1.83 bits per heavy atom. The van der Waals surface area contributed by atoms with E-state index in [1.807, 2.05) is 12.1 Å². The van der Waals surface area contributed by atoms with Crippen molar-refractivity contribution in [3.63, 3.8) is 0 Å². The third-order valence-electron chi connectivity index (χ3n) is 2.44. The van der Waals surface area contributed by atoms with Gasteiger partial charge in [0.15, 0.2) is 0 Å². The Balaban J connectivity index is 2.99. The average molecular weight is 263 g/mol. The molecule has 0 amide bonds. The Kier molecular flexibility index (Phi) is 4.43. The summed E-state index contributed by atoms with van der Waals surface area (Å²) in [7, 11) is -2.16. The lowest BCUT2D eigenvalue weighted by molar-refractivity contribution is 0.439. The quantitative estimate of drug-likeness (QED) is 0.820. The third kappa shape index (κ3) is 3.07. The topological polar surface area (TPSA) is 85.0 Å². The Bertz CT molecular complexity index is 594. The maximum Gasteiger partial charge on any atom is 0.242 e. The normalized spacial score (nSPS) is 12.7. The molecule has 1 atom stereocenters. The van der Waals surface area contributed by atoms with Crippen molar-refractivity contribution in [2.75, 3.05) is 13.6 Å². The Labute approximate surface area is 107 Å². The van der Waals surface area contributed by atoms with Crippen molar-refractivity contribution in [3.05, 3.63) is 29.8 Å². The first-order valence-corrected chi connectivity index (χ1v) is 6.72. The van der Waals surface area contributed by atoms with Crippen LogP contribution in [0.5, 0.6) is 0 Å². The predicted octanol–water partition coefficient (Wildman–Crippen LogP) is 1.34. The molecule has 0 aliphatic carbocycles. The van der Waals surface area contributed by atoms with E-state index in [0.717, 1.165) is 4.31 Å². The smallest absolute Gasteiger partial charge is 0.207 e. The summed E-state index contributed by atoms with van der Waals surface area (Å²) in [6.45, 7) is 1.80. The van der Waals surface area contributed by atoms with E-state index in [1.54, 1.807) is 6.92 Å². The lowest BCUT2D eigenvalue weighted by Crippen LogP contribution is -2.30. The Hall–Kier alpha value is -1.89. The second kappa shape index (κ2) is 5.63. The number of nitrogens with zero attached hydrogens (tertiary/aromatic N) is 3. The fourth-order valence-corrected chi connectivity index (χ4v) is 2.67. The van der Waals surface area contributed by atoms with E-state index in [2.05, 4.69) is 0 Å². The number of benzene rings is 1. The van der Waals surface area contributed by atoms with E-state index >= 15 is 0 Å². The summed E-state index contributed by atoms with van der Waals surface area (Å²) < 4.78 is 25.4. The van der Waals surface area contributed by atoms with Crippen LogP contribution in [0.1, 0.15) is 12.5 Å². The van der Waals surface area contributed by atoms with Gasteiger partial charge in [-0.05, 0) is 31.2 Å². The molecule has 6 heteroatoms. The molecule has 18 heavy (non-hydrogen) atoms. The van der Waals surface area contributed by atoms with Crippen molar-refractivity contribution in [1.29, 1.82) is 10.5 Å². The minimum absolute atomic E-state index is 0.120. The number of sulfonamides is 1. The highest BCUT2D eigenvalue weighted by Crippen LogP contribution is 2.16. The standard InChI is InChI=1S/C12H13N3O2S/c1-10(7-13)9-15(2)18(16,17)12-5-3-11(8-14)4-6-12/h3-6,10H,9H2,1-2H3. The number of nitriles is 2. The molecule has 0 saturated carbocycles. The lowest BCUT2D eigenvalue weighted by atomic mass is 10.2. The highest BCUT2D eigenvalue weighted by molar-refractivity contribution is 7.89. The summed E-state index contributed by atoms with van der Waals surface area (Å²) >= 11 is 0. The molecule has 1 aromatic rings. The minimum Gasteiger partial charge on any atom is -0.207 e. The van der Waals surface area contributed by atoms with Crippen molar-refractivity contribution in [3.8, 4) is 12.1 Å². The van der Waals surface area contributed by atoms with Crippen molar-refractivity contribution >= 4 is 10.0 Å². The van der Waals surface area contributed by atoms with Gasteiger partial charge in [0.25, 0.3) is 0 Å². The van der Waals surface area contributed by atoms with Crippen LogP contribution in [0.2, 0.25) is 0 Å². The largest absolute Gasteiger partial charge is 0.242 e. The van der Waals surface area contributed by atoms with Gasteiger partial charge in [-0.25, -0.2) is 8.42 Å². The molecular weight excluding hydrogens is 250 g/mol. The summed E-state index contributed by atoms with van der Waals surface area (Å²) in [5.74, 6) is -0.372. The van der Waals surface area contributed by atoms with E-state index in [4.69, 9.17) is 10.5 Å². The molecule has 0 fully saturated rings. The van der Waals surface area contributed by atoms with Gasteiger partial charge >= 0.3 is 0 Å². The van der Waals surface area contributed by atoms with Gasteiger partial charge in [0.1, 0.15) is 0 Å². The molecule has 0 aliphatic heterocycles. The molecule has 1 aromatic carbocycles. The van der Waals surface area contributed by atoms with Crippen molar-refractivity contribution in [2.24, 2.45) is 5.92 Å². The number of hydrogen-bond acceptors (Lipinski definition) is 4. The van der Waals surface area contributed by atoms with Crippen LogP contribution in [-0.4, -0.2) is 26.3 Å². The Morgan fingerprint density at radius 1 is 1.28 bits per heavy atom. The molecule has 1 unspecified atom stereocenters. The minimum atomic E-state index is -3.60. The maximum atomic E-state index is 12.1. The third-order valence-corrected chi connectivity index (χ3v) is 4.28. The van der Waals surface area contributed by atoms with E-state index < -0.39 is 10.0 Å². The molecule has 94 valence electrons. The first kappa shape index (κ1) is 14.2. The first-order valence-electron chi connectivity index (χ1n) is 5.28. The molecule has 0 N–H and O–H groups in total. The molecular formula is C12H13N3O2S. The monoisotopic (exact) mass is 263 g/mol. The van der Waals surface area contributed by atoms with Crippen LogP contribution in [0.25, 0.3) is 0 Å². The zero-order valence-corrected chi connectivity index (χ0v) is 11.0. The van der Waals surface area contributed by atoms with Crippen LogP contribution >= 0.6 is 0 Å². The van der Waals surface area contributed by atoms with Crippen LogP contribution in [0.3, 0.4) is 0 Å². The molecule has 1 rings (SSSR count). The molecule has 0 saturated heterocycles. The second-order valence-electron chi connectivity index (χ2n) is 3.95. The summed E-state index contributed by atoms with van der Waals surface area (Å²) in [5.41, 5.74) is 0.405. The van der Waals surface area contributed by atoms with Gasteiger partial charge in [-0.3, -0.25) is 0 Å². The maximum absolute atomic E-state index is 12.1. The number of hydrogen-bond donors (Lipinski definition) is 0. The van der Waals surface area contributed by atoms with E-state index in [0.29, 0.717) is 5.56 Å². The van der Waals surface area contributed by atoms with E-state index in [9.17, 15) is 8.42 Å². The SMILES string of the molecule is CC(C#N)CN(C)S(=O)(=O)c1ccc(C#N)cc1. The van der Waals surface area contributed by atoms with E-state index in [1.165, 1.54) is 31.3 Å². The van der Waals surface area contributed by atoms with Gasteiger partial charge in [0, 0.05) is 13.6 Å². The summed E-state index contributed by atoms with van der Waals surface area (Å²) in [5, 5.41) is 17.3. The fourth-order valence-electron chi connectivity index (χ4n) is 1.41. The van der Waals surface area contributed by atoms with Crippen LogP contribution < -0.4 is 0 Å². The van der Waals surface area contributed by atoms with Crippen molar-refractivity contribution in [2.45, 2.75) is 11.8 Å². The zero-order chi connectivity index (χ0) is 13.8. The first-order chi connectivity index (χ1) is 8.41. The van der Waals surface area contributed by atoms with Gasteiger partial charge in [-0.15, -0.1) is 0 Å². The predicted molar refractivity (Wildman–Crippen MR) is 65.7 cm³/mol. The van der Waals surface area contributed by atoms with Gasteiger partial charge in [0.2, 0.25) is 10.0 Å². The van der Waals surface area contributed by atoms with Gasteiger partial charge in [0.05, 0.1) is 28.5 Å². The highest BCUT2D eigenvalue weighted by atomic mass is 32.2. The zero-order valence-electron chi connectivity index (χ0n) is 10.2. The molecule has 0 aromatic heterocycles. The molecule has 0 radical (unpaired) electrons. The summed E-state index contributed by atoms with van der Waals surface area (Å²) in [4.78, 5) is 0.120. The van der Waals surface area contributed by atoms with Crippen molar-refractivity contribution < 1.29 is 8.42 Å². The van der Waals surface area contributed by atoms with Gasteiger partial charge in [-0.1, -0.05) is 0 Å². The highest BCUT2D eigenvalue weighted by Gasteiger charge is 2.22. The number of rotatable bonds is 4.